The fraction of sp³-hybridized carbons (Fsp3) is 0.0714. The summed E-state index contributed by atoms with van der Waals surface area (Å²) in [7, 11) is 1.76. The lowest BCUT2D eigenvalue weighted by Gasteiger charge is -2.02. The zero-order valence-electron chi connectivity index (χ0n) is 10.9. The van der Waals surface area contributed by atoms with Gasteiger partial charge < -0.3 is 8.98 Å². The van der Waals surface area contributed by atoms with E-state index < -0.39 is 0 Å². The van der Waals surface area contributed by atoms with E-state index in [2.05, 4.69) is 9.97 Å². The maximum absolute atomic E-state index is 12.2. The van der Waals surface area contributed by atoms with Crippen molar-refractivity contribution in [2.75, 3.05) is 0 Å². The van der Waals surface area contributed by atoms with E-state index in [0.717, 1.165) is 0 Å². The third-order valence-corrected chi connectivity index (χ3v) is 3.58. The fourth-order valence-corrected chi connectivity index (χ4v) is 2.56. The quantitative estimate of drug-likeness (QED) is 0.542. The molecule has 0 bridgehead atoms. The molecule has 0 atom stereocenters. The summed E-state index contributed by atoms with van der Waals surface area (Å²) in [4.78, 5) is 20.8. The lowest BCUT2D eigenvalue weighted by atomic mass is 10.4. The Kier molecular flexibility index (Phi) is 2.43. The van der Waals surface area contributed by atoms with E-state index >= 15 is 0 Å². The SMILES string of the molecule is Cn1c(-c2ccco2)nc2c1c(=O)nc1ccc(Cl)cn12. The van der Waals surface area contributed by atoms with Gasteiger partial charge in [0.15, 0.2) is 22.7 Å². The molecular formula is C14H9ClN4O2. The Morgan fingerprint density at radius 3 is 2.86 bits per heavy atom. The molecule has 0 saturated carbocycles. The number of pyridine rings is 1. The monoisotopic (exact) mass is 300 g/mol. The zero-order valence-corrected chi connectivity index (χ0v) is 11.7. The Bertz CT molecular complexity index is 1030. The standard InChI is InChI=1S/C14H9ClN4O2/c1-18-11-13(17-12(18)9-3-2-6-21-9)19-7-8(15)4-5-10(19)16-14(11)20/h2-7H,1H3. The van der Waals surface area contributed by atoms with Crippen molar-refractivity contribution in [1.82, 2.24) is 18.9 Å². The van der Waals surface area contributed by atoms with Crippen molar-refractivity contribution in [3.63, 3.8) is 0 Å². The van der Waals surface area contributed by atoms with Crippen LogP contribution in [0.4, 0.5) is 0 Å². The molecule has 4 aromatic rings. The first-order valence-corrected chi connectivity index (χ1v) is 6.61. The Balaban J connectivity index is 2.21. The molecule has 0 aliphatic rings. The predicted octanol–water partition coefficient (Wildman–Crippen LogP) is 2.49. The summed E-state index contributed by atoms with van der Waals surface area (Å²) in [6, 6.07) is 6.93. The van der Waals surface area contributed by atoms with E-state index in [1.165, 1.54) is 0 Å². The van der Waals surface area contributed by atoms with E-state index in [4.69, 9.17) is 16.0 Å². The molecule has 4 rings (SSSR count). The van der Waals surface area contributed by atoms with Crippen LogP contribution in [0.1, 0.15) is 0 Å². The lowest BCUT2D eigenvalue weighted by Crippen LogP contribution is -2.12. The van der Waals surface area contributed by atoms with Crippen LogP contribution in [0.5, 0.6) is 0 Å². The summed E-state index contributed by atoms with van der Waals surface area (Å²) in [5.74, 6) is 1.15. The van der Waals surface area contributed by atoms with Crippen LogP contribution in [0.3, 0.4) is 0 Å². The second kappa shape index (κ2) is 4.20. The van der Waals surface area contributed by atoms with Crippen molar-refractivity contribution in [2.24, 2.45) is 7.05 Å². The van der Waals surface area contributed by atoms with Gasteiger partial charge in [0.1, 0.15) is 5.65 Å². The van der Waals surface area contributed by atoms with Crippen LogP contribution >= 0.6 is 11.6 Å². The molecule has 104 valence electrons. The summed E-state index contributed by atoms with van der Waals surface area (Å²) >= 11 is 6.03. The minimum Gasteiger partial charge on any atom is -0.461 e. The van der Waals surface area contributed by atoms with Crippen LogP contribution in [-0.4, -0.2) is 18.9 Å². The Morgan fingerprint density at radius 1 is 1.24 bits per heavy atom. The molecule has 0 saturated heterocycles. The molecule has 0 spiro atoms. The number of rotatable bonds is 1. The molecule has 0 aromatic carbocycles. The summed E-state index contributed by atoms with van der Waals surface area (Å²) in [5, 5.41) is 0.541. The van der Waals surface area contributed by atoms with Gasteiger partial charge in [0.25, 0.3) is 5.56 Å². The van der Waals surface area contributed by atoms with Crippen LogP contribution in [0, 0.1) is 0 Å². The van der Waals surface area contributed by atoms with Crippen LogP contribution in [0.15, 0.2) is 45.9 Å². The van der Waals surface area contributed by atoms with E-state index in [1.807, 2.05) is 0 Å². The molecule has 6 nitrogen and oxygen atoms in total. The average molecular weight is 301 g/mol. The van der Waals surface area contributed by atoms with Gasteiger partial charge in [-0.2, -0.15) is 4.98 Å². The highest BCUT2D eigenvalue weighted by Gasteiger charge is 2.17. The van der Waals surface area contributed by atoms with Gasteiger partial charge >= 0.3 is 0 Å². The third-order valence-electron chi connectivity index (χ3n) is 3.36. The van der Waals surface area contributed by atoms with Crippen molar-refractivity contribution < 1.29 is 4.42 Å². The Labute approximate surface area is 123 Å². The molecular weight excluding hydrogens is 292 g/mol. The van der Waals surface area contributed by atoms with Crippen LogP contribution in [0.25, 0.3) is 28.4 Å². The zero-order chi connectivity index (χ0) is 14.6. The van der Waals surface area contributed by atoms with Crippen molar-refractivity contribution in [3.8, 4) is 11.6 Å². The number of hydrogen-bond acceptors (Lipinski definition) is 4. The second-order valence-corrected chi connectivity index (χ2v) is 5.07. The number of furan rings is 1. The maximum atomic E-state index is 12.2. The van der Waals surface area contributed by atoms with Gasteiger partial charge in [-0.3, -0.25) is 9.20 Å². The summed E-state index contributed by atoms with van der Waals surface area (Å²) < 4.78 is 8.74. The minimum absolute atomic E-state index is 0.333. The number of nitrogens with zero attached hydrogens (tertiary/aromatic N) is 4. The molecule has 0 unspecified atom stereocenters. The number of imidazole rings is 1. The molecule has 0 radical (unpaired) electrons. The van der Waals surface area contributed by atoms with Crippen LogP contribution in [0.2, 0.25) is 5.02 Å². The van der Waals surface area contributed by atoms with Gasteiger partial charge in [0.05, 0.1) is 11.3 Å². The number of hydrogen-bond donors (Lipinski definition) is 0. The van der Waals surface area contributed by atoms with Crippen LogP contribution in [-0.2, 0) is 7.05 Å². The predicted molar refractivity (Wildman–Crippen MR) is 78.4 cm³/mol. The molecule has 21 heavy (non-hydrogen) atoms. The Hall–Kier alpha value is -2.60. The van der Waals surface area contributed by atoms with Gasteiger partial charge in [-0.15, -0.1) is 0 Å². The summed E-state index contributed by atoms with van der Waals surface area (Å²) in [6.07, 6.45) is 3.25. The first-order valence-electron chi connectivity index (χ1n) is 6.23. The van der Waals surface area contributed by atoms with Crippen molar-refractivity contribution in [2.45, 2.75) is 0 Å². The third kappa shape index (κ3) is 1.69. The van der Waals surface area contributed by atoms with Gasteiger partial charge in [0.2, 0.25) is 0 Å². The summed E-state index contributed by atoms with van der Waals surface area (Å²) in [6.45, 7) is 0. The van der Waals surface area contributed by atoms with Gasteiger partial charge in [-0.25, -0.2) is 4.98 Å². The van der Waals surface area contributed by atoms with Gasteiger partial charge in [-0.1, -0.05) is 11.6 Å². The molecule has 7 heteroatoms. The van der Waals surface area contributed by atoms with Crippen LogP contribution < -0.4 is 5.56 Å². The smallest absolute Gasteiger partial charge is 0.299 e. The number of halogens is 1. The number of aromatic nitrogens is 4. The highest BCUT2D eigenvalue weighted by molar-refractivity contribution is 6.30. The van der Waals surface area contributed by atoms with Crippen molar-refractivity contribution >= 4 is 28.4 Å². The van der Waals surface area contributed by atoms with E-state index in [0.29, 0.717) is 33.4 Å². The first-order chi connectivity index (χ1) is 10.1. The van der Waals surface area contributed by atoms with E-state index in [1.54, 1.807) is 52.7 Å². The largest absolute Gasteiger partial charge is 0.461 e. The van der Waals surface area contributed by atoms with Gasteiger partial charge in [0, 0.05) is 13.2 Å². The van der Waals surface area contributed by atoms with E-state index in [9.17, 15) is 4.79 Å². The Morgan fingerprint density at radius 2 is 2.10 bits per heavy atom. The normalized spacial score (nSPS) is 11.5. The van der Waals surface area contributed by atoms with Gasteiger partial charge in [-0.05, 0) is 24.3 Å². The lowest BCUT2D eigenvalue weighted by molar-refractivity contribution is 0.574. The second-order valence-electron chi connectivity index (χ2n) is 4.64. The molecule has 4 aromatic heterocycles. The number of aryl methyl sites for hydroxylation is 1. The molecule has 4 heterocycles. The molecule has 0 aliphatic carbocycles. The molecule has 0 aliphatic heterocycles. The van der Waals surface area contributed by atoms with E-state index in [-0.39, 0.29) is 5.56 Å². The first kappa shape index (κ1) is 12.2. The molecule has 0 amide bonds. The van der Waals surface area contributed by atoms with Crippen molar-refractivity contribution in [3.05, 3.63) is 52.1 Å². The minimum atomic E-state index is -0.333. The van der Waals surface area contributed by atoms with Crippen molar-refractivity contribution in [1.29, 1.82) is 0 Å². The number of fused-ring (bicyclic) bond motifs is 3. The summed E-state index contributed by atoms with van der Waals surface area (Å²) in [5.41, 5.74) is 1.07. The average Bonchev–Trinajstić information content (AvgIpc) is 3.08. The molecule has 0 fully saturated rings. The highest BCUT2D eigenvalue weighted by Crippen LogP contribution is 2.23. The highest BCUT2D eigenvalue weighted by atomic mass is 35.5. The topological polar surface area (TPSA) is 65.3 Å². The molecule has 0 N–H and O–H groups in total. The fourth-order valence-electron chi connectivity index (χ4n) is 2.40. The maximum Gasteiger partial charge on any atom is 0.299 e.